The third-order valence-corrected chi connectivity index (χ3v) is 3.09. The van der Waals surface area contributed by atoms with Gasteiger partial charge in [-0.25, -0.2) is 0 Å². The lowest BCUT2D eigenvalue weighted by Gasteiger charge is -2.22. The van der Waals surface area contributed by atoms with Gasteiger partial charge in [-0.15, -0.1) is 0 Å². The summed E-state index contributed by atoms with van der Waals surface area (Å²) in [5, 5.41) is 8.86. The van der Waals surface area contributed by atoms with Gasteiger partial charge in [-0.3, -0.25) is 4.79 Å². The fourth-order valence-corrected chi connectivity index (χ4v) is 2.17. The molecule has 0 aliphatic carbocycles. The second kappa shape index (κ2) is 4.51. The van der Waals surface area contributed by atoms with Crippen LogP contribution in [0, 0.1) is 5.92 Å². The normalized spacial score (nSPS) is 20.2. The van der Waals surface area contributed by atoms with E-state index in [-0.39, 0.29) is 12.2 Å². The number of hydrogen-bond donors (Lipinski definition) is 1. The van der Waals surface area contributed by atoms with Gasteiger partial charge in [0, 0.05) is 18.8 Å². The molecule has 2 rings (SSSR count). The molecule has 1 aromatic carbocycles. The van der Waals surface area contributed by atoms with Gasteiger partial charge in [0.2, 0.25) is 0 Å². The maximum absolute atomic E-state index is 12.8. The number of hydrogen-bond acceptors (Lipinski definition) is 2. The number of anilines is 1. The Balaban J connectivity index is 2.27. The number of benzene rings is 1. The van der Waals surface area contributed by atoms with Gasteiger partial charge in [-0.05, 0) is 18.6 Å². The minimum atomic E-state index is -4.42. The van der Waals surface area contributed by atoms with E-state index in [1.54, 1.807) is 0 Å². The molecule has 1 aliphatic heterocycles. The van der Waals surface area contributed by atoms with E-state index in [4.69, 9.17) is 5.11 Å². The number of aliphatic carboxylic acids is 1. The Morgan fingerprint density at radius 1 is 1.33 bits per heavy atom. The second-order valence-electron chi connectivity index (χ2n) is 4.28. The van der Waals surface area contributed by atoms with Crippen LogP contribution in [0.15, 0.2) is 24.3 Å². The monoisotopic (exact) mass is 259 g/mol. The van der Waals surface area contributed by atoms with E-state index in [1.165, 1.54) is 23.1 Å². The third kappa shape index (κ3) is 2.42. The van der Waals surface area contributed by atoms with Crippen molar-refractivity contribution in [2.24, 2.45) is 5.92 Å². The zero-order chi connectivity index (χ0) is 13.3. The van der Waals surface area contributed by atoms with Gasteiger partial charge < -0.3 is 10.0 Å². The molecule has 0 bridgehead atoms. The second-order valence-corrected chi connectivity index (χ2v) is 4.28. The molecule has 0 aromatic heterocycles. The molecule has 1 aromatic rings. The highest BCUT2D eigenvalue weighted by Gasteiger charge is 2.37. The Kier molecular flexibility index (Phi) is 3.19. The third-order valence-electron chi connectivity index (χ3n) is 3.09. The zero-order valence-electron chi connectivity index (χ0n) is 9.44. The van der Waals surface area contributed by atoms with E-state index in [1.807, 2.05) is 0 Å². The number of carboxylic acids is 1. The van der Waals surface area contributed by atoms with Crippen LogP contribution in [0.25, 0.3) is 0 Å². The molecule has 1 unspecified atom stereocenters. The average Bonchev–Trinajstić information content (AvgIpc) is 2.77. The van der Waals surface area contributed by atoms with Crippen molar-refractivity contribution in [3.05, 3.63) is 29.8 Å². The Morgan fingerprint density at radius 2 is 2.00 bits per heavy atom. The highest BCUT2D eigenvalue weighted by Crippen LogP contribution is 2.38. The lowest BCUT2D eigenvalue weighted by Crippen LogP contribution is -2.25. The van der Waals surface area contributed by atoms with Crippen molar-refractivity contribution in [1.82, 2.24) is 0 Å². The van der Waals surface area contributed by atoms with Crippen LogP contribution in [0.5, 0.6) is 0 Å². The van der Waals surface area contributed by atoms with Crippen molar-refractivity contribution in [2.75, 3.05) is 18.0 Å². The van der Waals surface area contributed by atoms with Crippen LogP contribution < -0.4 is 4.90 Å². The van der Waals surface area contributed by atoms with Crippen molar-refractivity contribution >= 4 is 11.7 Å². The molecule has 6 heteroatoms. The summed E-state index contributed by atoms with van der Waals surface area (Å²) < 4.78 is 38.4. The molecule has 0 saturated carbocycles. The molecule has 0 amide bonds. The number of halogens is 3. The molecule has 98 valence electrons. The molecule has 0 radical (unpaired) electrons. The van der Waals surface area contributed by atoms with Crippen LogP contribution in [0.3, 0.4) is 0 Å². The van der Waals surface area contributed by atoms with E-state index in [0.29, 0.717) is 13.0 Å². The Bertz CT molecular complexity index is 459. The molecule has 1 fully saturated rings. The lowest BCUT2D eigenvalue weighted by atomic mass is 10.1. The predicted molar refractivity (Wildman–Crippen MR) is 59.4 cm³/mol. The largest absolute Gasteiger partial charge is 0.481 e. The van der Waals surface area contributed by atoms with Crippen molar-refractivity contribution < 1.29 is 23.1 Å². The highest BCUT2D eigenvalue weighted by molar-refractivity contribution is 5.72. The number of rotatable bonds is 2. The minimum Gasteiger partial charge on any atom is -0.481 e. The first kappa shape index (κ1) is 12.7. The van der Waals surface area contributed by atoms with E-state index in [0.717, 1.165) is 6.07 Å². The predicted octanol–water partition coefficient (Wildman–Crippen LogP) is 2.62. The maximum atomic E-state index is 12.8. The first-order valence-corrected chi connectivity index (χ1v) is 5.53. The molecule has 1 heterocycles. The summed E-state index contributed by atoms with van der Waals surface area (Å²) in [6, 6.07) is 5.26. The Morgan fingerprint density at radius 3 is 2.56 bits per heavy atom. The van der Waals surface area contributed by atoms with Crippen molar-refractivity contribution in [1.29, 1.82) is 0 Å². The van der Waals surface area contributed by atoms with Crippen LogP contribution in [0.2, 0.25) is 0 Å². The zero-order valence-corrected chi connectivity index (χ0v) is 9.44. The average molecular weight is 259 g/mol. The molecular formula is C12H12F3NO2. The topological polar surface area (TPSA) is 40.5 Å². The fraction of sp³-hybridized carbons (Fsp3) is 0.417. The molecule has 3 nitrogen and oxygen atoms in total. The molecule has 1 N–H and O–H groups in total. The summed E-state index contributed by atoms with van der Waals surface area (Å²) in [7, 11) is 0. The lowest BCUT2D eigenvalue weighted by molar-refractivity contribution is -0.141. The van der Waals surface area contributed by atoms with E-state index >= 15 is 0 Å². The molecule has 1 saturated heterocycles. The van der Waals surface area contributed by atoms with Crippen molar-refractivity contribution in [2.45, 2.75) is 12.6 Å². The summed E-state index contributed by atoms with van der Waals surface area (Å²) in [6.07, 6.45) is -4.04. The summed E-state index contributed by atoms with van der Waals surface area (Å²) in [6.45, 7) is 0.465. The minimum absolute atomic E-state index is 0.0637. The van der Waals surface area contributed by atoms with Crippen LogP contribution in [0.1, 0.15) is 12.0 Å². The number of carboxylic acid groups (broad SMARTS) is 1. The maximum Gasteiger partial charge on any atom is 0.418 e. The molecule has 18 heavy (non-hydrogen) atoms. The van der Waals surface area contributed by atoms with Gasteiger partial charge in [0.05, 0.1) is 11.5 Å². The summed E-state index contributed by atoms with van der Waals surface area (Å²) in [5.41, 5.74) is -0.648. The smallest absolute Gasteiger partial charge is 0.418 e. The molecule has 0 spiro atoms. The van der Waals surface area contributed by atoms with Crippen molar-refractivity contribution in [3.63, 3.8) is 0 Å². The van der Waals surface area contributed by atoms with Crippen LogP contribution in [0.4, 0.5) is 18.9 Å². The number of para-hydroxylation sites is 1. The van der Waals surface area contributed by atoms with E-state index in [2.05, 4.69) is 0 Å². The van der Waals surface area contributed by atoms with Crippen molar-refractivity contribution in [3.8, 4) is 0 Å². The Labute approximate surface area is 102 Å². The standard InChI is InChI=1S/C12H12F3NO2/c13-12(14,15)9-3-1-2-4-10(9)16-6-5-8(7-16)11(17)18/h1-4,8H,5-7H2,(H,17,18). The van der Waals surface area contributed by atoms with Gasteiger partial charge in [0.1, 0.15) is 0 Å². The summed E-state index contributed by atoms with van der Waals surface area (Å²) >= 11 is 0. The number of alkyl halides is 3. The molecule has 1 aliphatic rings. The first-order chi connectivity index (χ1) is 8.39. The summed E-state index contributed by atoms with van der Waals surface area (Å²) in [4.78, 5) is 12.3. The van der Waals surface area contributed by atoms with Crippen LogP contribution >= 0.6 is 0 Å². The fourth-order valence-electron chi connectivity index (χ4n) is 2.17. The van der Waals surface area contributed by atoms with E-state index < -0.39 is 23.6 Å². The van der Waals surface area contributed by atoms with Gasteiger partial charge in [-0.1, -0.05) is 12.1 Å². The SMILES string of the molecule is O=C(O)C1CCN(c2ccccc2C(F)(F)F)C1. The first-order valence-electron chi connectivity index (χ1n) is 5.53. The Hall–Kier alpha value is -1.72. The molecular weight excluding hydrogens is 247 g/mol. The van der Waals surface area contributed by atoms with Crippen LogP contribution in [-0.4, -0.2) is 24.2 Å². The van der Waals surface area contributed by atoms with E-state index in [9.17, 15) is 18.0 Å². The highest BCUT2D eigenvalue weighted by atomic mass is 19.4. The number of nitrogens with zero attached hydrogens (tertiary/aromatic N) is 1. The van der Waals surface area contributed by atoms with Gasteiger partial charge in [0.25, 0.3) is 0 Å². The van der Waals surface area contributed by atoms with Gasteiger partial charge in [-0.2, -0.15) is 13.2 Å². The number of carbonyl (C=O) groups is 1. The van der Waals surface area contributed by atoms with Gasteiger partial charge in [0.15, 0.2) is 0 Å². The van der Waals surface area contributed by atoms with Gasteiger partial charge >= 0.3 is 12.1 Å². The quantitative estimate of drug-likeness (QED) is 0.887. The van der Waals surface area contributed by atoms with Crippen LogP contribution in [-0.2, 0) is 11.0 Å². The summed E-state index contributed by atoms with van der Waals surface area (Å²) in [5.74, 6) is -1.55. The molecule has 1 atom stereocenters.